The molecule has 0 heterocycles. The van der Waals surface area contributed by atoms with Crippen LogP contribution in [0.15, 0.2) is 0 Å². The van der Waals surface area contributed by atoms with Gasteiger partial charge in [-0.05, 0) is 6.42 Å². The van der Waals surface area contributed by atoms with Crippen molar-refractivity contribution in [1.82, 2.24) is 0 Å². The van der Waals surface area contributed by atoms with Gasteiger partial charge in [0.2, 0.25) is 0 Å². The van der Waals surface area contributed by atoms with Gasteiger partial charge in [-0.2, -0.15) is 0 Å². The third kappa shape index (κ3) is 4.20. The number of carboxylic acids is 1. The van der Waals surface area contributed by atoms with E-state index in [-0.39, 0.29) is 6.42 Å². The minimum absolute atomic E-state index is 0.167. The number of carboxylic acid groups (broad SMARTS) is 1. The molecule has 0 fully saturated rings. The Balaban J connectivity index is 2.83. The van der Waals surface area contributed by atoms with E-state index in [9.17, 15) is 9.90 Å². The summed E-state index contributed by atoms with van der Waals surface area (Å²) < 4.78 is 0.639. The quantitative estimate of drug-likeness (QED) is 0.446. The normalized spacial score (nSPS) is 8.17. The molecule has 0 aliphatic carbocycles. The van der Waals surface area contributed by atoms with E-state index in [1.165, 1.54) is 0 Å². The highest BCUT2D eigenvalue weighted by Gasteiger charge is 1.76. The fourth-order valence-corrected chi connectivity index (χ4v) is 0.518. The molecule has 0 N–H and O–H groups in total. The lowest BCUT2D eigenvalue weighted by Gasteiger charge is -1.91. The Morgan fingerprint density at radius 1 is 1.83 bits per heavy atom. The van der Waals surface area contributed by atoms with E-state index >= 15 is 0 Å². The highest BCUT2D eigenvalue weighted by Crippen LogP contribution is 1.83. The van der Waals surface area contributed by atoms with Crippen molar-refractivity contribution < 1.29 is 9.90 Å². The van der Waals surface area contributed by atoms with Crippen LogP contribution in [0.3, 0.4) is 0 Å². The molecule has 0 spiro atoms. The van der Waals surface area contributed by atoms with Crippen LogP contribution in [-0.2, 0) is 4.79 Å². The zero-order chi connectivity index (χ0) is 4.99. The van der Waals surface area contributed by atoms with Gasteiger partial charge in [-0.15, -0.1) is 0 Å². The lowest BCUT2D eigenvalue weighted by Crippen LogP contribution is -2.21. The van der Waals surface area contributed by atoms with Crippen LogP contribution in [0.5, 0.6) is 0 Å². The first-order valence-electron chi connectivity index (χ1n) is 1.53. The second-order valence-corrected chi connectivity index (χ2v) is 1.89. The first-order chi connectivity index (χ1) is 2.77. The van der Waals surface area contributed by atoms with E-state index < -0.39 is 5.97 Å². The zero-order valence-corrected chi connectivity index (χ0v) is 5.27. The molecule has 3 heteroatoms. The molecule has 0 rings (SSSR count). The van der Waals surface area contributed by atoms with Crippen LogP contribution in [0, 0.1) is 0 Å². The van der Waals surface area contributed by atoms with Gasteiger partial charge in [0.1, 0.15) is 0 Å². The molecule has 0 bridgehead atoms. The number of carbonyl (C=O) groups excluding carboxylic acids is 1. The van der Waals surface area contributed by atoms with E-state index in [0.717, 1.165) is 0 Å². The van der Waals surface area contributed by atoms with Crippen LogP contribution in [0.1, 0.15) is 6.42 Å². The number of alkyl halides is 1. The fraction of sp³-hybridized carbons (Fsp3) is 0.667. The monoisotopic (exact) mass is 199 g/mol. The second kappa shape index (κ2) is 3.39. The Morgan fingerprint density at radius 3 is 2.33 bits per heavy atom. The minimum Gasteiger partial charge on any atom is -0.550 e. The van der Waals surface area contributed by atoms with Crippen molar-refractivity contribution in [3.8, 4) is 0 Å². The average Bonchev–Trinajstić information content (AvgIpc) is 1.35. The van der Waals surface area contributed by atoms with Crippen molar-refractivity contribution in [2.24, 2.45) is 0 Å². The van der Waals surface area contributed by atoms with Gasteiger partial charge >= 0.3 is 0 Å². The van der Waals surface area contributed by atoms with Gasteiger partial charge in [-0.25, -0.2) is 0 Å². The number of carbonyl (C=O) groups is 1. The van der Waals surface area contributed by atoms with Gasteiger partial charge in [0.05, 0.1) is 0 Å². The number of hydrogen-bond donors (Lipinski definition) is 0. The topological polar surface area (TPSA) is 40.1 Å². The standard InChI is InChI=1S/C3H5IO2/c4-2-1-3(5)6/h1-2H2,(H,5,6)/p-1. The van der Waals surface area contributed by atoms with E-state index in [1.54, 1.807) is 0 Å². The summed E-state index contributed by atoms with van der Waals surface area (Å²) in [7, 11) is 0. The molecule has 0 atom stereocenters. The Labute approximate surface area is 49.7 Å². The molecule has 0 aromatic heterocycles. The Kier molecular flexibility index (Phi) is 3.51. The van der Waals surface area contributed by atoms with E-state index in [2.05, 4.69) is 0 Å². The highest BCUT2D eigenvalue weighted by molar-refractivity contribution is 14.1. The fourth-order valence-electron chi connectivity index (χ4n) is 0.0772. The molecule has 0 saturated carbocycles. The number of hydrogen-bond acceptors (Lipinski definition) is 2. The van der Waals surface area contributed by atoms with Crippen LogP contribution in [0.25, 0.3) is 0 Å². The largest absolute Gasteiger partial charge is 0.550 e. The summed E-state index contributed by atoms with van der Waals surface area (Å²) in [6.45, 7) is 0. The predicted octanol–water partition coefficient (Wildman–Crippen LogP) is -0.439. The molecule has 36 valence electrons. The number of aliphatic carboxylic acids is 1. The van der Waals surface area contributed by atoms with Gasteiger partial charge in [-0.1, -0.05) is 22.6 Å². The van der Waals surface area contributed by atoms with Crippen LogP contribution >= 0.6 is 22.6 Å². The van der Waals surface area contributed by atoms with Crippen molar-refractivity contribution in [2.45, 2.75) is 6.42 Å². The maximum atomic E-state index is 9.48. The maximum absolute atomic E-state index is 9.48. The van der Waals surface area contributed by atoms with Crippen molar-refractivity contribution in [3.63, 3.8) is 0 Å². The Bertz CT molecular complexity index is 52.8. The van der Waals surface area contributed by atoms with Crippen molar-refractivity contribution in [2.75, 3.05) is 4.43 Å². The Morgan fingerprint density at radius 2 is 2.33 bits per heavy atom. The molecule has 0 saturated heterocycles. The summed E-state index contributed by atoms with van der Waals surface area (Å²) in [6, 6.07) is 0. The van der Waals surface area contributed by atoms with Crippen molar-refractivity contribution in [3.05, 3.63) is 0 Å². The summed E-state index contributed by atoms with van der Waals surface area (Å²) in [5.41, 5.74) is 0. The molecule has 0 aromatic rings. The van der Waals surface area contributed by atoms with Crippen molar-refractivity contribution in [1.29, 1.82) is 0 Å². The summed E-state index contributed by atoms with van der Waals surface area (Å²) >= 11 is 1.98. The molecule has 0 aliphatic heterocycles. The average molecular weight is 199 g/mol. The van der Waals surface area contributed by atoms with Crippen molar-refractivity contribution >= 4 is 28.6 Å². The van der Waals surface area contributed by atoms with Crippen LogP contribution in [0.4, 0.5) is 0 Å². The summed E-state index contributed by atoms with van der Waals surface area (Å²) in [4.78, 5) is 9.48. The summed E-state index contributed by atoms with van der Waals surface area (Å²) in [5.74, 6) is -0.968. The maximum Gasteiger partial charge on any atom is 0.0421 e. The van der Waals surface area contributed by atoms with Crippen LogP contribution in [-0.4, -0.2) is 10.4 Å². The van der Waals surface area contributed by atoms with Crippen LogP contribution < -0.4 is 5.11 Å². The zero-order valence-electron chi connectivity index (χ0n) is 3.11. The predicted molar refractivity (Wildman–Crippen MR) is 28.5 cm³/mol. The molecule has 2 nitrogen and oxygen atoms in total. The molecule has 0 unspecified atom stereocenters. The summed E-state index contributed by atoms with van der Waals surface area (Å²) in [6.07, 6.45) is 0.167. The molecule has 0 aromatic carbocycles. The molecule has 0 amide bonds. The second-order valence-electron chi connectivity index (χ2n) is 0.811. The molecule has 6 heavy (non-hydrogen) atoms. The molecule has 0 aliphatic rings. The molecule has 0 radical (unpaired) electrons. The SMILES string of the molecule is O=C([O-])CCI. The van der Waals surface area contributed by atoms with Gasteiger partial charge in [0.15, 0.2) is 0 Å². The third-order valence-corrected chi connectivity index (χ3v) is 0.838. The summed E-state index contributed by atoms with van der Waals surface area (Å²) in [5, 5.41) is 9.48. The molecular formula is C3H4IO2-. The first kappa shape index (κ1) is 6.20. The number of halogens is 1. The van der Waals surface area contributed by atoms with Crippen LogP contribution in [0.2, 0.25) is 0 Å². The highest BCUT2D eigenvalue weighted by atomic mass is 127. The number of rotatable bonds is 2. The van der Waals surface area contributed by atoms with E-state index in [4.69, 9.17) is 0 Å². The van der Waals surface area contributed by atoms with E-state index in [0.29, 0.717) is 4.43 Å². The van der Waals surface area contributed by atoms with Gasteiger partial charge in [-0.3, -0.25) is 0 Å². The van der Waals surface area contributed by atoms with Gasteiger partial charge in [0, 0.05) is 10.4 Å². The van der Waals surface area contributed by atoms with Gasteiger partial charge in [0.25, 0.3) is 0 Å². The minimum atomic E-state index is -0.968. The smallest absolute Gasteiger partial charge is 0.0421 e. The lowest BCUT2D eigenvalue weighted by molar-refractivity contribution is -0.305. The Hall–Kier alpha value is 0.200. The van der Waals surface area contributed by atoms with Gasteiger partial charge < -0.3 is 9.90 Å². The molecular weight excluding hydrogens is 195 g/mol. The third-order valence-electron chi connectivity index (χ3n) is 0.299. The van der Waals surface area contributed by atoms with E-state index in [1.807, 2.05) is 22.6 Å². The first-order valence-corrected chi connectivity index (χ1v) is 3.05. The lowest BCUT2D eigenvalue weighted by atomic mass is 10.5.